The van der Waals surface area contributed by atoms with E-state index in [9.17, 15) is 18.0 Å². The molecule has 0 saturated carbocycles. The van der Waals surface area contributed by atoms with E-state index in [1.165, 1.54) is 17.3 Å². The van der Waals surface area contributed by atoms with Crippen LogP contribution in [0.2, 0.25) is 5.02 Å². The maximum Gasteiger partial charge on any atom is 0.395 e. The Kier molecular flexibility index (Phi) is 5.28. The number of carbonyl (C=O) groups excluding carboxylic acids is 1. The molecule has 1 aromatic carbocycles. The SMILES string of the molecule is Cc1cc(N[C@@H]2CN(C(=O)c3ccc(Cl)c(C)c3)C[C@H]2C(F)(F)F)ncn1. The van der Waals surface area contributed by atoms with Crippen molar-refractivity contribution in [2.75, 3.05) is 18.4 Å². The number of anilines is 1. The highest BCUT2D eigenvalue weighted by Crippen LogP contribution is 2.35. The lowest BCUT2D eigenvalue weighted by Crippen LogP contribution is -2.38. The average molecular weight is 399 g/mol. The summed E-state index contributed by atoms with van der Waals surface area (Å²) in [5.74, 6) is -1.84. The van der Waals surface area contributed by atoms with Crippen molar-refractivity contribution in [3.63, 3.8) is 0 Å². The number of halogens is 4. The van der Waals surface area contributed by atoms with Crippen LogP contribution in [0.4, 0.5) is 19.0 Å². The fraction of sp³-hybridized carbons (Fsp3) is 0.389. The Morgan fingerprint density at radius 3 is 2.59 bits per heavy atom. The lowest BCUT2D eigenvalue weighted by Gasteiger charge is -2.22. The summed E-state index contributed by atoms with van der Waals surface area (Å²) < 4.78 is 40.6. The largest absolute Gasteiger partial charge is 0.395 e. The number of nitrogens with zero attached hydrogens (tertiary/aromatic N) is 3. The van der Waals surface area contributed by atoms with Crippen molar-refractivity contribution in [1.82, 2.24) is 14.9 Å². The molecule has 9 heteroatoms. The maximum atomic E-state index is 13.5. The minimum absolute atomic E-state index is 0.0757. The number of nitrogens with one attached hydrogen (secondary N) is 1. The summed E-state index contributed by atoms with van der Waals surface area (Å²) >= 11 is 5.96. The summed E-state index contributed by atoms with van der Waals surface area (Å²) in [5, 5.41) is 3.31. The van der Waals surface area contributed by atoms with E-state index in [4.69, 9.17) is 11.6 Å². The topological polar surface area (TPSA) is 58.1 Å². The van der Waals surface area contributed by atoms with Crippen molar-refractivity contribution in [2.24, 2.45) is 5.92 Å². The second-order valence-corrected chi connectivity index (χ2v) is 7.02. The number of carbonyl (C=O) groups is 1. The number of alkyl halides is 3. The first-order valence-electron chi connectivity index (χ1n) is 8.32. The number of likely N-dealkylation sites (tertiary alicyclic amines) is 1. The molecule has 0 aliphatic carbocycles. The highest BCUT2D eigenvalue weighted by molar-refractivity contribution is 6.31. The van der Waals surface area contributed by atoms with Crippen molar-refractivity contribution >= 4 is 23.3 Å². The molecule has 144 valence electrons. The standard InChI is InChI=1S/C18H18ClF3N4O/c1-10-5-12(3-4-14(10)19)17(27)26-7-13(18(20,21)22)15(8-26)25-16-6-11(2)23-9-24-16/h3-6,9,13,15H,7-8H2,1-2H3,(H,23,24,25)/t13-,15-/m1/s1. The van der Waals surface area contributed by atoms with Crippen LogP contribution in [0.1, 0.15) is 21.6 Å². The van der Waals surface area contributed by atoms with Gasteiger partial charge in [-0.15, -0.1) is 0 Å². The van der Waals surface area contributed by atoms with Crippen LogP contribution in [0.5, 0.6) is 0 Å². The maximum absolute atomic E-state index is 13.5. The van der Waals surface area contributed by atoms with E-state index < -0.39 is 30.6 Å². The Hall–Kier alpha value is -2.35. The van der Waals surface area contributed by atoms with Gasteiger partial charge in [0.25, 0.3) is 5.91 Å². The number of hydrogen-bond donors (Lipinski definition) is 1. The third-order valence-corrected chi connectivity index (χ3v) is 4.99. The Bertz CT molecular complexity index is 859. The van der Waals surface area contributed by atoms with Gasteiger partial charge < -0.3 is 10.2 Å². The zero-order chi connectivity index (χ0) is 19.8. The van der Waals surface area contributed by atoms with Crippen molar-refractivity contribution < 1.29 is 18.0 Å². The molecule has 0 unspecified atom stereocenters. The molecule has 5 nitrogen and oxygen atoms in total. The summed E-state index contributed by atoms with van der Waals surface area (Å²) in [6.45, 7) is 2.98. The van der Waals surface area contributed by atoms with Crippen molar-refractivity contribution in [3.8, 4) is 0 Å². The Morgan fingerprint density at radius 1 is 1.22 bits per heavy atom. The quantitative estimate of drug-likeness (QED) is 0.853. The number of benzene rings is 1. The van der Waals surface area contributed by atoms with Crippen LogP contribution in [0, 0.1) is 19.8 Å². The molecule has 0 bridgehead atoms. The van der Waals surface area contributed by atoms with Gasteiger partial charge in [-0.3, -0.25) is 4.79 Å². The predicted molar refractivity (Wildman–Crippen MR) is 95.8 cm³/mol. The van der Waals surface area contributed by atoms with Gasteiger partial charge in [0.15, 0.2) is 0 Å². The predicted octanol–water partition coefficient (Wildman–Crippen LogP) is 3.86. The second-order valence-electron chi connectivity index (χ2n) is 6.62. The van der Waals surface area contributed by atoms with Crippen LogP contribution >= 0.6 is 11.6 Å². The smallest absolute Gasteiger partial charge is 0.365 e. The van der Waals surface area contributed by atoms with Gasteiger partial charge in [-0.05, 0) is 37.6 Å². The van der Waals surface area contributed by atoms with Crippen LogP contribution in [0.3, 0.4) is 0 Å². The minimum atomic E-state index is -4.44. The fourth-order valence-electron chi connectivity index (χ4n) is 3.13. The van der Waals surface area contributed by atoms with Gasteiger partial charge in [0, 0.05) is 35.4 Å². The molecule has 1 saturated heterocycles. The van der Waals surface area contributed by atoms with E-state index in [2.05, 4.69) is 15.3 Å². The van der Waals surface area contributed by atoms with Crippen molar-refractivity contribution in [2.45, 2.75) is 26.1 Å². The molecule has 27 heavy (non-hydrogen) atoms. The van der Waals surface area contributed by atoms with Gasteiger partial charge in [0.1, 0.15) is 12.1 Å². The number of aryl methyl sites for hydroxylation is 2. The molecule has 1 aliphatic rings. The first kappa shape index (κ1) is 19.4. The lowest BCUT2D eigenvalue weighted by molar-refractivity contribution is -0.171. The van der Waals surface area contributed by atoms with E-state index in [1.807, 2.05) is 0 Å². The van der Waals surface area contributed by atoms with E-state index >= 15 is 0 Å². The van der Waals surface area contributed by atoms with E-state index in [0.717, 1.165) is 0 Å². The lowest BCUT2D eigenvalue weighted by atomic mass is 10.0. The Balaban J connectivity index is 1.82. The Labute approximate surface area is 159 Å². The molecule has 2 heterocycles. The molecule has 2 atom stereocenters. The van der Waals surface area contributed by atoms with E-state index in [1.54, 1.807) is 32.0 Å². The monoisotopic (exact) mass is 398 g/mol. The normalized spacial score (nSPS) is 20.0. The fourth-order valence-corrected chi connectivity index (χ4v) is 3.25. The zero-order valence-electron chi connectivity index (χ0n) is 14.7. The third kappa shape index (κ3) is 4.32. The van der Waals surface area contributed by atoms with Gasteiger partial charge in [0.2, 0.25) is 0 Å². The third-order valence-electron chi connectivity index (χ3n) is 4.57. The first-order valence-corrected chi connectivity index (χ1v) is 8.70. The molecule has 1 fully saturated rings. The second kappa shape index (κ2) is 7.34. The van der Waals surface area contributed by atoms with E-state index in [-0.39, 0.29) is 6.54 Å². The van der Waals surface area contributed by atoms with Crippen LogP contribution in [-0.2, 0) is 0 Å². The van der Waals surface area contributed by atoms with E-state index in [0.29, 0.717) is 27.7 Å². The zero-order valence-corrected chi connectivity index (χ0v) is 15.5. The molecule has 1 aromatic heterocycles. The molecule has 0 spiro atoms. The van der Waals surface area contributed by atoms with Gasteiger partial charge in [-0.1, -0.05) is 11.6 Å². The first-order chi connectivity index (χ1) is 12.6. The summed E-state index contributed by atoms with van der Waals surface area (Å²) in [7, 11) is 0. The van der Waals surface area contributed by atoms with Gasteiger partial charge >= 0.3 is 6.18 Å². The Morgan fingerprint density at radius 2 is 1.96 bits per heavy atom. The minimum Gasteiger partial charge on any atom is -0.365 e. The summed E-state index contributed by atoms with van der Waals surface area (Å²) in [6.07, 6.45) is -3.15. The molecule has 0 radical (unpaired) electrons. The summed E-state index contributed by atoms with van der Waals surface area (Å²) in [5.41, 5.74) is 1.65. The highest BCUT2D eigenvalue weighted by Gasteiger charge is 2.51. The molecule has 3 rings (SSSR count). The number of rotatable bonds is 3. The van der Waals surface area contributed by atoms with Crippen molar-refractivity contribution in [3.05, 3.63) is 52.4 Å². The number of hydrogen-bond acceptors (Lipinski definition) is 4. The van der Waals surface area contributed by atoms with Gasteiger partial charge in [-0.25, -0.2) is 9.97 Å². The van der Waals surface area contributed by atoms with Crippen LogP contribution in [-0.4, -0.2) is 46.1 Å². The van der Waals surface area contributed by atoms with Crippen LogP contribution < -0.4 is 5.32 Å². The molecular weight excluding hydrogens is 381 g/mol. The van der Waals surface area contributed by atoms with Crippen molar-refractivity contribution in [1.29, 1.82) is 0 Å². The van der Waals surface area contributed by atoms with Crippen LogP contribution in [0.15, 0.2) is 30.6 Å². The summed E-state index contributed by atoms with van der Waals surface area (Å²) in [6, 6.07) is 5.26. The highest BCUT2D eigenvalue weighted by atomic mass is 35.5. The molecular formula is C18H18ClF3N4O. The van der Waals surface area contributed by atoms with Crippen LogP contribution in [0.25, 0.3) is 0 Å². The average Bonchev–Trinajstić information content (AvgIpc) is 3.01. The van der Waals surface area contributed by atoms with Gasteiger partial charge in [0.05, 0.1) is 12.0 Å². The molecule has 1 N–H and O–H groups in total. The molecule has 1 aliphatic heterocycles. The molecule has 1 amide bonds. The van der Waals surface area contributed by atoms with Gasteiger partial charge in [-0.2, -0.15) is 13.2 Å². The number of amides is 1. The summed E-state index contributed by atoms with van der Waals surface area (Å²) in [4.78, 5) is 21.8. The molecule has 2 aromatic rings. The number of aromatic nitrogens is 2.